The number of rotatable bonds is 5. The number of nitrogens with one attached hydrogen (secondary N) is 1. The number of hydrogen-bond donors (Lipinski definition) is 1. The van der Waals surface area contributed by atoms with Crippen molar-refractivity contribution in [2.24, 2.45) is 5.92 Å². The zero-order chi connectivity index (χ0) is 16.9. The molecule has 2 aromatic rings. The molecule has 1 aliphatic heterocycles. The summed E-state index contributed by atoms with van der Waals surface area (Å²) >= 11 is 0. The summed E-state index contributed by atoms with van der Waals surface area (Å²) in [4.78, 5) is 26.6. The Morgan fingerprint density at radius 1 is 1.12 bits per heavy atom. The molecular formula is C20H22N2O2. The van der Waals surface area contributed by atoms with Crippen molar-refractivity contribution in [3.63, 3.8) is 0 Å². The molecule has 2 aromatic carbocycles. The highest BCUT2D eigenvalue weighted by molar-refractivity contribution is 6.00. The third-order valence-electron chi connectivity index (χ3n) is 4.49. The minimum absolute atomic E-state index is 0.00843. The Kier molecular flexibility index (Phi) is 4.94. The molecular weight excluding hydrogens is 300 g/mol. The van der Waals surface area contributed by atoms with E-state index >= 15 is 0 Å². The van der Waals surface area contributed by atoms with Gasteiger partial charge in [-0.2, -0.15) is 0 Å². The van der Waals surface area contributed by atoms with Crippen LogP contribution >= 0.6 is 0 Å². The van der Waals surface area contributed by atoms with Crippen LogP contribution in [0.1, 0.15) is 31.4 Å². The number of anilines is 1. The summed E-state index contributed by atoms with van der Waals surface area (Å²) in [6, 6.07) is 19.5. The SMILES string of the molecule is CC[C@@H](NC(=O)[C@H]1CC(=O)N(c2ccccc2)C1)c1ccccc1. The maximum atomic E-state index is 12.6. The van der Waals surface area contributed by atoms with E-state index in [0.29, 0.717) is 6.54 Å². The Morgan fingerprint density at radius 3 is 2.38 bits per heavy atom. The summed E-state index contributed by atoms with van der Waals surface area (Å²) in [5.41, 5.74) is 1.95. The summed E-state index contributed by atoms with van der Waals surface area (Å²) in [6.45, 7) is 2.49. The van der Waals surface area contributed by atoms with E-state index in [2.05, 4.69) is 5.32 Å². The average Bonchev–Trinajstić information content (AvgIpc) is 3.03. The van der Waals surface area contributed by atoms with Gasteiger partial charge in [0.2, 0.25) is 11.8 Å². The molecule has 0 spiro atoms. The molecule has 1 fully saturated rings. The van der Waals surface area contributed by atoms with Gasteiger partial charge in [0.25, 0.3) is 0 Å². The van der Waals surface area contributed by atoms with E-state index in [0.717, 1.165) is 17.7 Å². The van der Waals surface area contributed by atoms with Crippen LogP contribution in [0.25, 0.3) is 0 Å². The van der Waals surface area contributed by atoms with Crippen LogP contribution in [0.4, 0.5) is 5.69 Å². The van der Waals surface area contributed by atoms with Gasteiger partial charge in [-0.05, 0) is 24.1 Å². The molecule has 0 saturated carbocycles. The minimum atomic E-state index is -0.296. The second kappa shape index (κ2) is 7.30. The number of nitrogens with zero attached hydrogens (tertiary/aromatic N) is 1. The van der Waals surface area contributed by atoms with E-state index in [1.165, 1.54) is 0 Å². The van der Waals surface area contributed by atoms with Gasteiger partial charge in [-0.25, -0.2) is 0 Å². The molecule has 2 atom stereocenters. The number of carbonyl (C=O) groups excluding carboxylic acids is 2. The van der Waals surface area contributed by atoms with Gasteiger partial charge in [-0.15, -0.1) is 0 Å². The first kappa shape index (κ1) is 16.2. The smallest absolute Gasteiger partial charge is 0.227 e. The highest BCUT2D eigenvalue weighted by Gasteiger charge is 2.35. The molecule has 1 saturated heterocycles. The Morgan fingerprint density at radius 2 is 1.75 bits per heavy atom. The van der Waals surface area contributed by atoms with Crippen molar-refractivity contribution in [3.8, 4) is 0 Å². The molecule has 0 aromatic heterocycles. The average molecular weight is 322 g/mol. The maximum absolute atomic E-state index is 12.6. The minimum Gasteiger partial charge on any atom is -0.349 e. The zero-order valence-electron chi connectivity index (χ0n) is 13.8. The highest BCUT2D eigenvalue weighted by atomic mass is 16.2. The van der Waals surface area contributed by atoms with Crippen LogP contribution in [0.5, 0.6) is 0 Å². The van der Waals surface area contributed by atoms with E-state index in [4.69, 9.17) is 0 Å². The van der Waals surface area contributed by atoms with Gasteiger partial charge >= 0.3 is 0 Å². The van der Waals surface area contributed by atoms with Gasteiger partial charge in [0.1, 0.15) is 0 Å². The first-order valence-electron chi connectivity index (χ1n) is 8.39. The standard InChI is InChI=1S/C20H22N2O2/c1-2-18(15-9-5-3-6-10-15)21-20(24)16-13-19(23)22(14-16)17-11-7-4-8-12-17/h3-12,16,18H,2,13-14H2,1H3,(H,21,24)/t16-,18+/m0/s1. The second-order valence-electron chi connectivity index (χ2n) is 6.12. The van der Waals surface area contributed by atoms with E-state index in [1.54, 1.807) is 4.90 Å². The van der Waals surface area contributed by atoms with E-state index in [1.807, 2.05) is 67.6 Å². The quantitative estimate of drug-likeness (QED) is 0.918. The molecule has 1 N–H and O–H groups in total. The van der Waals surface area contributed by atoms with Gasteiger partial charge in [0, 0.05) is 18.7 Å². The Bertz CT molecular complexity index is 700. The van der Waals surface area contributed by atoms with E-state index in [-0.39, 0.29) is 30.2 Å². The van der Waals surface area contributed by atoms with Crippen molar-refractivity contribution in [2.45, 2.75) is 25.8 Å². The third kappa shape index (κ3) is 3.48. The van der Waals surface area contributed by atoms with Gasteiger partial charge in [0.05, 0.1) is 12.0 Å². The molecule has 1 heterocycles. The normalized spacial score (nSPS) is 18.5. The zero-order valence-corrected chi connectivity index (χ0v) is 13.8. The van der Waals surface area contributed by atoms with Crippen LogP contribution in [-0.2, 0) is 9.59 Å². The summed E-state index contributed by atoms with van der Waals surface area (Å²) in [6.07, 6.45) is 1.09. The van der Waals surface area contributed by atoms with Crippen LogP contribution in [0, 0.1) is 5.92 Å². The van der Waals surface area contributed by atoms with Crippen LogP contribution in [0.2, 0.25) is 0 Å². The van der Waals surface area contributed by atoms with Crippen molar-refractivity contribution < 1.29 is 9.59 Å². The Labute approximate surface area is 142 Å². The van der Waals surface area contributed by atoms with Gasteiger partial charge in [-0.1, -0.05) is 55.5 Å². The van der Waals surface area contributed by atoms with Crippen LogP contribution in [-0.4, -0.2) is 18.4 Å². The van der Waals surface area contributed by atoms with E-state index < -0.39 is 0 Å². The maximum Gasteiger partial charge on any atom is 0.227 e. The van der Waals surface area contributed by atoms with E-state index in [9.17, 15) is 9.59 Å². The van der Waals surface area contributed by atoms with Crippen molar-refractivity contribution >= 4 is 17.5 Å². The summed E-state index contributed by atoms with van der Waals surface area (Å²) in [7, 11) is 0. The molecule has 24 heavy (non-hydrogen) atoms. The summed E-state index contributed by atoms with van der Waals surface area (Å²) in [5, 5.41) is 3.10. The summed E-state index contributed by atoms with van der Waals surface area (Å²) in [5.74, 6) is -0.331. The fraction of sp³-hybridized carbons (Fsp3) is 0.300. The summed E-state index contributed by atoms with van der Waals surface area (Å²) < 4.78 is 0. The van der Waals surface area contributed by atoms with Crippen LogP contribution < -0.4 is 10.2 Å². The van der Waals surface area contributed by atoms with Crippen LogP contribution in [0.3, 0.4) is 0 Å². The van der Waals surface area contributed by atoms with Crippen molar-refractivity contribution in [3.05, 3.63) is 66.2 Å². The predicted octanol–water partition coefficient (Wildman–Crippen LogP) is 3.31. The number of para-hydroxylation sites is 1. The Hall–Kier alpha value is -2.62. The van der Waals surface area contributed by atoms with Gasteiger partial charge in [0.15, 0.2) is 0 Å². The Balaban J connectivity index is 1.67. The molecule has 2 amide bonds. The monoisotopic (exact) mass is 322 g/mol. The molecule has 4 heteroatoms. The topological polar surface area (TPSA) is 49.4 Å². The molecule has 1 aliphatic rings. The number of hydrogen-bond acceptors (Lipinski definition) is 2. The number of benzene rings is 2. The van der Waals surface area contributed by atoms with Gasteiger partial charge < -0.3 is 10.2 Å². The lowest BCUT2D eigenvalue weighted by Gasteiger charge is -2.20. The highest BCUT2D eigenvalue weighted by Crippen LogP contribution is 2.26. The fourth-order valence-corrected chi connectivity index (χ4v) is 3.14. The number of amides is 2. The van der Waals surface area contributed by atoms with Crippen molar-refractivity contribution in [2.75, 3.05) is 11.4 Å². The lowest BCUT2D eigenvalue weighted by molar-refractivity contribution is -0.127. The first-order valence-corrected chi connectivity index (χ1v) is 8.39. The van der Waals surface area contributed by atoms with Gasteiger partial charge in [-0.3, -0.25) is 9.59 Å². The molecule has 3 rings (SSSR count). The molecule has 124 valence electrons. The lowest BCUT2D eigenvalue weighted by Crippen LogP contribution is -2.35. The van der Waals surface area contributed by atoms with Crippen molar-refractivity contribution in [1.82, 2.24) is 5.32 Å². The molecule has 0 aliphatic carbocycles. The number of carbonyl (C=O) groups is 2. The fourth-order valence-electron chi connectivity index (χ4n) is 3.14. The lowest BCUT2D eigenvalue weighted by atomic mass is 10.0. The predicted molar refractivity (Wildman–Crippen MR) is 94.5 cm³/mol. The molecule has 4 nitrogen and oxygen atoms in total. The molecule has 0 bridgehead atoms. The second-order valence-corrected chi connectivity index (χ2v) is 6.12. The van der Waals surface area contributed by atoms with Crippen molar-refractivity contribution in [1.29, 1.82) is 0 Å². The molecule has 0 unspecified atom stereocenters. The largest absolute Gasteiger partial charge is 0.349 e. The van der Waals surface area contributed by atoms with Crippen LogP contribution in [0.15, 0.2) is 60.7 Å². The molecule has 0 radical (unpaired) electrons. The third-order valence-corrected chi connectivity index (χ3v) is 4.49. The first-order chi connectivity index (χ1) is 11.7.